The van der Waals surface area contributed by atoms with E-state index < -0.39 is 35.3 Å². The van der Waals surface area contributed by atoms with Gasteiger partial charge in [-0.15, -0.1) is 0 Å². The van der Waals surface area contributed by atoms with Crippen LogP contribution in [0.2, 0.25) is 5.02 Å². The second-order valence-electron chi connectivity index (χ2n) is 7.48. The number of carbonyl (C=O) groups is 4. The molecule has 0 spiro atoms. The molecule has 2 atom stereocenters. The highest BCUT2D eigenvalue weighted by atomic mass is 35.5. The third-order valence-electron chi connectivity index (χ3n) is 4.70. The Bertz CT molecular complexity index is 779. The number of amides is 2. The van der Waals surface area contributed by atoms with Crippen molar-refractivity contribution in [2.45, 2.75) is 65.0 Å². The summed E-state index contributed by atoms with van der Waals surface area (Å²) >= 11 is 5.91. The predicted molar refractivity (Wildman–Crippen MR) is 117 cm³/mol. The summed E-state index contributed by atoms with van der Waals surface area (Å²) in [4.78, 5) is 49.2. The molecule has 8 nitrogen and oxygen atoms in total. The number of hydrogen-bond donors (Lipinski definition) is 2. The van der Waals surface area contributed by atoms with Crippen LogP contribution in [0.25, 0.3) is 0 Å². The van der Waals surface area contributed by atoms with Crippen molar-refractivity contribution in [3.05, 3.63) is 34.9 Å². The Balaban J connectivity index is 2.78. The van der Waals surface area contributed by atoms with Crippen LogP contribution in [-0.2, 0) is 34.1 Å². The summed E-state index contributed by atoms with van der Waals surface area (Å²) in [6.45, 7) is 8.66. The molecule has 0 bridgehead atoms. The van der Waals surface area contributed by atoms with Gasteiger partial charge in [-0.3, -0.25) is 14.4 Å². The zero-order chi connectivity index (χ0) is 23.6. The fourth-order valence-corrected chi connectivity index (χ4v) is 2.85. The van der Waals surface area contributed by atoms with Gasteiger partial charge in [-0.05, 0) is 58.7 Å². The molecular formula is C22H31ClN2O6. The van der Waals surface area contributed by atoms with Gasteiger partial charge in [-0.2, -0.15) is 0 Å². The van der Waals surface area contributed by atoms with Crippen LogP contribution >= 0.6 is 11.6 Å². The maximum Gasteiger partial charge on any atom is 0.328 e. The molecule has 1 aromatic carbocycles. The lowest BCUT2D eigenvalue weighted by Gasteiger charge is -2.27. The first kappa shape index (κ1) is 26.4. The first-order chi connectivity index (χ1) is 14.5. The van der Waals surface area contributed by atoms with Gasteiger partial charge < -0.3 is 20.1 Å². The predicted octanol–water partition coefficient (Wildman–Crippen LogP) is 2.51. The van der Waals surface area contributed by atoms with Crippen LogP contribution in [0, 0.1) is 0 Å². The fourth-order valence-electron chi connectivity index (χ4n) is 2.72. The van der Waals surface area contributed by atoms with E-state index in [0.29, 0.717) is 5.02 Å². The molecule has 0 saturated heterocycles. The zero-order valence-electron chi connectivity index (χ0n) is 18.6. The number of carbonyl (C=O) groups excluding carboxylic acids is 4. The third kappa shape index (κ3) is 8.20. The molecule has 0 aliphatic carbocycles. The first-order valence-corrected chi connectivity index (χ1v) is 10.6. The zero-order valence-corrected chi connectivity index (χ0v) is 19.4. The van der Waals surface area contributed by atoms with Gasteiger partial charge in [-0.1, -0.05) is 23.7 Å². The van der Waals surface area contributed by atoms with Gasteiger partial charge in [0.15, 0.2) is 0 Å². The van der Waals surface area contributed by atoms with Gasteiger partial charge in [-0.25, -0.2) is 4.79 Å². The van der Waals surface area contributed by atoms with Crippen LogP contribution in [0.5, 0.6) is 0 Å². The Morgan fingerprint density at radius 2 is 1.58 bits per heavy atom. The van der Waals surface area contributed by atoms with Crippen molar-refractivity contribution < 1.29 is 28.7 Å². The number of hydrogen-bond acceptors (Lipinski definition) is 6. The van der Waals surface area contributed by atoms with E-state index in [0.717, 1.165) is 5.56 Å². The Morgan fingerprint density at radius 1 is 1.00 bits per heavy atom. The summed E-state index contributed by atoms with van der Waals surface area (Å²) in [6, 6.07) is 4.93. The van der Waals surface area contributed by atoms with Crippen molar-refractivity contribution in [2.24, 2.45) is 0 Å². The molecule has 0 aliphatic rings. The molecular weight excluding hydrogens is 424 g/mol. The minimum atomic E-state index is -1.03. The third-order valence-corrected chi connectivity index (χ3v) is 4.96. The van der Waals surface area contributed by atoms with Crippen molar-refractivity contribution in [1.29, 1.82) is 0 Å². The summed E-state index contributed by atoms with van der Waals surface area (Å²) in [5, 5.41) is 5.77. The number of nitrogens with one attached hydrogen (secondary N) is 2. The number of esters is 2. The molecule has 2 amide bonds. The Hall–Kier alpha value is -2.61. The summed E-state index contributed by atoms with van der Waals surface area (Å²) in [7, 11) is 0. The van der Waals surface area contributed by atoms with E-state index in [9.17, 15) is 19.2 Å². The Morgan fingerprint density at radius 3 is 2.13 bits per heavy atom. The molecule has 9 heteroatoms. The van der Waals surface area contributed by atoms with Gasteiger partial charge in [0.1, 0.15) is 12.1 Å². The molecule has 172 valence electrons. The molecule has 0 radical (unpaired) electrons. The molecule has 0 saturated carbocycles. The highest BCUT2D eigenvalue weighted by Crippen LogP contribution is 2.25. The van der Waals surface area contributed by atoms with Crippen LogP contribution in [0.15, 0.2) is 24.3 Å². The van der Waals surface area contributed by atoms with Crippen molar-refractivity contribution in [2.75, 3.05) is 13.2 Å². The monoisotopic (exact) mass is 454 g/mol. The number of halogens is 1. The summed E-state index contributed by atoms with van der Waals surface area (Å²) in [6.07, 6.45) is -0.0255. The lowest BCUT2D eigenvalue weighted by Crippen LogP contribution is -2.53. The average molecular weight is 455 g/mol. The van der Waals surface area contributed by atoms with Gasteiger partial charge in [0, 0.05) is 11.4 Å². The summed E-state index contributed by atoms with van der Waals surface area (Å²) in [5.41, 5.74) is -0.176. The van der Waals surface area contributed by atoms with Crippen molar-refractivity contribution in [1.82, 2.24) is 10.6 Å². The molecule has 2 N–H and O–H groups in total. The SMILES string of the molecule is CCOC(=O)CC[C@@H](NC(=O)[C@H](C)NC(=O)C(C)(C)c1ccc(Cl)cc1)C(=O)OCC. The molecule has 0 aliphatic heterocycles. The maximum atomic E-state index is 12.8. The minimum absolute atomic E-state index is 0.0281. The number of ether oxygens (including phenoxy) is 2. The van der Waals surface area contributed by atoms with Crippen LogP contribution in [0.3, 0.4) is 0 Å². The van der Waals surface area contributed by atoms with Gasteiger partial charge in [0.05, 0.1) is 18.6 Å². The molecule has 31 heavy (non-hydrogen) atoms. The van der Waals surface area contributed by atoms with Gasteiger partial charge in [0.2, 0.25) is 11.8 Å². The lowest BCUT2D eigenvalue weighted by molar-refractivity contribution is -0.149. The lowest BCUT2D eigenvalue weighted by atomic mass is 9.83. The van der Waals surface area contributed by atoms with E-state index in [-0.39, 0.29) is 32.0 Å². The normalized spacial score (nSPS) is 13.0. The summed E-state index contributed by atoms with van der Waals surface area (Å²) in [5.74, 6) is -2.06. The molecule has 0 aromatic heterocycles. The quantitative estimate of drug-likeness (QED) is 0.497. The fraction of sp³-hybridized carbons (Fsp3) is 0.545. The van der Waals surface area contributed by atoms with Gasteiger partial charge in [0.25, 0.3) is 0 Å². The molecule has 1 rings (SSSR count). The number of rotatable bonds is 11. The van der Waals surface area contributed by atoms with Crippen molar-refractivity contribution in [3.63, 3.8) is 0 Å². The molecule has 0 fully saturated rings. The second-order valence-corrected chi connectivity index (χ2v) is 7.92. The first-order valence-electron chi connectivity index (χ1n) is 10.2. The highest BCUT2D eigenvalue weighted by molar-refractivity contribution is 6.30. The summed E-state index contributed by atoms with van der Waals surface area (Å²) < 4.78 is 9.83. The standard InChI is InChI=1S/C22H31ClN2O6/c1-6-30-18(26)13-12-17(20(28)31-7-2)25-19(27)14(3)24-21(29)22(4,5)15-8-10-16(23)11-9-15/h8-11,14,17H,6-7,12-13H2,1-5H3,(H,24,29)(H,25,27)/t14-,17+/m0/s1. The van der Waals surface area contributed by atoms with E-state index >= 15 is 0 Å². The van der Waals surface area contributed by atoms with E-state index in [1.807, 2.05) is 0 Å². The average Bonchev–Trinajstić information content (AvgIpc) is 2.71. The van der Waals surface area contributed by atoms with Crippen LogP contribution in [0.1, 0.15) is 53.0 Å². The highest BCUT2D eigenvalue weighted by Gasteiger charge is 2.33. The molecule has 0 unspecified atom stereocenters. The largest absolute Gasteiger partial charge is 0.466 e. The van der Waals surface area contributed by atoms with Crippen molar-refractivity contribution in [3.8, 4) is 0 Å². The molecule has 0 heterocycles. The van der Waals surface area contributed by atoms with E-state index in [1.165, 1.54) is 6.92 Å². The Kier molecular flexibility index (Phi) is 10.5. The van der Waals surface area contributed by atoms with E-state index in [1.54, 1.807) is 52.0 Å². The van der Waals surface area contributed by atoms with E-state index in [4.69, 9.17) is 21.1 Å². The smallest absolute Gasteiger partial charge is 0.328 e. The van der Waals surface area contributed by atoms with Crippen LogP contribution in [0.4, 0.5) is 0 Å². The van der Waals surface area contributed by atoms with Gasteiger partial charge >= 0.3 is 11.9 Å². The second kappa shape index (κ2) is 12.3. The topological polar surface area (TPSA) is 111 Å². The Labute approximate surface area is 188 Å². The van der Waals surface area contributed by atoms with Crippen LogP contribution < -0.4 is 10.6 Å². The molecule has 1 aromatic rings. The van der Waals surface area contributed by atoms with E-state index in [2.05, 4.69) is 10.6 Å². The maximum absolute atomic E-state index is 12.8. The van der Waals surface area contributed by atoms with Crippen LogP contribution in [-0.4, -0.2) is 49.1 Å². The minimum Gasteiger partial charge on any atom is -0.466 e. The van der Waals surface area contributed by atoms with Crippen molar-refractivity contribution >= 4 is 35.4 Å². The number of benzene rings is 1.